The Morgan fingerprint density at radius 2 is 1.93 bits per heavy atom. The molecule has 0 saturated heterocycles. The Labute approximate surface area is 173 Å². The van der Waals surface area contributed by atoms with Gasteiger partial charge in [-0.2, -0.15) is 0 Å². The van der Waals surface area contributed by atoms with Crippen LogP contribution >= 0.6 is 0 Å². The number of hydrogen-bond acceptors (Lipinski definition) is 5. The van der Waals surface area contributed by atoms with Crippen molar-refractivity contribution in [2.75, 3.05) is 0 Å². The molecule has 0 radical (unpaired) electrons. The number of allylic oxidation sites excluding steroid dienone is 1. The molecule has 30 heavy (non-hydrogen) atoms. The number of carboxylic acid groups (broad SMARTS) is 1. The van der Waals surface area contributed by atoms with Crippen molar-refractivity contribution >= 4 is 23.7 Å². The van der Waals surface area contributed by atoms with Gasteiger partial charge in [0.15, 0.2) is 5.76 Å². The van der Waals surface area contributed by atoms with Crippen molar-refractivity contribution in [2.24, 2.45) is 5.92 Å². The zero-order valence-electron chi connectivity index (χ0n) is 16.8. The van der Waals surface area contributed by atoms with Crippen molar-refractivity contribution in [3.63, 3.8) is 0 Å². The molecular weight excluding hydrogens is 388 g/mol. The van der Waals surface area contributed by atoms with Gasteiger partial charge in [-0.3, -0.25) is 4.79 Å². The second-order valence-corrected chi connectivity index (χ2v) is 7.44. The molecule has 0 saturated carbocycles. The average Bonchev–Trinajstić information content (AvgIpc) is 3.13. The highest BCUT2D eigenvalue weighted by Gasteiger charge is 2.27. The highest BCUT2D eigenvalue weighted by atomic mass is 16.6. The number of carboxylic acids is 1. The second-order valence-electron chi connectivity index (χ2n) is 7.44. The van der Waals surface area contributed by atoms with Crippen molar-refractivity contribution in [3.8, 4) is 5.75 Å². The lowest BCUT2D eigenvalue weighted by atomic mass is 10.0. The van der Waals surface area contributed by atoms with E-state index in [4.69, 9.17) is 14.3 Å². The van der Waals surface area contributed by atoms with Crippen LogP contribution < -0.4 is 15.4 Å². The number of ether oxygens (including phenoxy) is 1. The monoisotopic (exact) mass is 412 g/mol. The summed E-state index contributed by atoms with van der Waals surface area (Å²) >= 11 is 0. The van der Waals surface area contributed by atoms with Gasteiger partial charge in [-0.05, 0) is 43.4 Å². The van der Waals surface area contributed by atoms with Crippen molar-refractivity contribution in [2.45, 2.75) is 39.2 Å². The van der Waals surface area contributed by atoms with Gasteiger partial charge in [-0.1, -0.05) is 38.1 Å². The van der Waals surface area contributed by atoms with Crippen LogP contribution in [0.1, 0.15) is 48.6 Å². The number of fused-ring (bicyclic) bond motifs is 1. The van der Waals surface area contributed by atoms with Gasteiger partial charge in [0, 0.05) is 5.56 Å². The van der Waals surface area contributed by atoms with Gasteiger partial charge in [0.25, 0.3) is 0 Å². The number of aryl methyl sites for hydroxylation is 1. The molecule has 0 fully saturated rings. The fraction of sp³-hybridized carbons (Fsp3) is 0.318. The molecule has 1 aliphatic carbocycles. The molecule has 0 spiro atoms. The summed E-state index contributed by atoms with van der Waals surface area (Å²) in [7, 11) is 0. The smallest absolute Gasteiger partial charge is 0.413 e. The third-order valence-corrected chi connectivity index (χ3v) is 4.55. The molecule has 8 heteroatoms. The zero-order valence-corrected chi connectivity index (χ0v) is 16.8. The number of benzene rings is 1. The molecule has 0 aliphatic heterocycles. The van der Waals surface area contributed by atoms with Crippen LogP contribution in [0.5, 0.6) is 5.75 Å². The molecule has 1 aromatic carbocycles. The summed E-state index contributed by atoms with van der Waals surface area (Å²) in [5, 5.41) is 14.5. The largest absolute Gasteiger partial charge is 0.475 e. The van der Waals surface area contributed by atoms with E-state index >= 15 is 0 Å². The molecule has 158 valence electrons. The summed E-state index contributed by atoms with van der Waals surface area (Å²) in [5.41, 5.74) is 1.13. The van der Waals surface area contributed by atoms with Crippen LogP contribution in [0.2, 0.25) is 0 Å². The van der Waals surface area contributed by atoms with E-state index in [2.05, 4.69) is 10.6 Å². The zero-order chi connectivity index (χ0) is 21.7. The number of amides is 2. The van der Waals surface area contributed by atoms with E-state index in [-0.39, 0.29) is 11.7 Å². The van der Waals surface area contributed by atoms with Gasteiger partial charge >= 0.3 is 12.1 Å². The maximum absolute atomic E-state index is 12.9. The first-order chi connectivity index (χ1) is 14.3. The molecule has 3 N–H and O–H groups in total. The fourth-order valence-electron chi connectivity index (χ4n) is 3.21. The summed E-state index contributed by atoms with van der Waals surface area (Å²) in [6.45, 7) is 3.88. The number of para-hydroxylation sites is 1. The van der Waals surface area contributed by atoms with Crippen LogP contribution in [-0.4, -0.2) is 29.1 Å². The molecule has 8 nitrogen and oxygen atoms in total. The Morgan fingerprint density at radius 1 is 1.20 bits per heavy atom. The first-order valence-electron chi connectivity index (χ1n) is 9.74. The van der Waals surface area contributed by atoms with E-state index in [1.165, 1.54) is 6.07 Å². The molecule has 2 amide bonds. The maximum atomic E-state index is 12.9. The molecule has 1 unspecified atom stereocenters. The van der Waals surface area contributed by atoms with E-state index in [9.17, 15) is 14.4 Å². The Balaban J connectivity index is 1.70. The predicted octanol–water partition coefficient (Wildman–Crippen LogP) is 3.58. The minimum absolute atomic E-state index is 0.135. The van der Waals surface area contributed by atoms with Crippen LogP contribution in [0.4, 0.5) is 4.79 Å². The topological polar surface area (TPSA) is 118 Å². The Morgan fingerprint density at radius 3 is 2.60 bits per heavy atom. The van der Waals surface area contributed by atoms with E-state index in [0.717, 1.165) is 5.56 Å². The number of furan rings is 1. The SMILES string of the molecule is CC(C)CC(NC(=O)Oc1ccccc1)C(=O)NC1=CCCc2cc(C(=O)O)oc21. The summed E-state index contributed by atoms with van der Waals surface area (Å²) < 4.78 is 10.6. The van der Waals surface area contributed by atoms with Crippen LogP contribution in [0, 0.1) is 5.92 Å². The maximum Gasteiger partial charge on any atom is 0.413 e. The van der Waals surface area contributed by atoms with Gasteiger partial charge < -0.3 is 24.9 Å². The number of carbonyl (C=O) groups is 3. The summed E-state index contributed by atoms with van der Waals surface area (Å²) in [6.07, 6.45) is 2.71. The summed E-state index contributed by atoms with van der Waals surface area (Å²) in [6, 6.07) is 9.20. The quantitative estimate of drug-likeness (QED) is 0.640. The predicted molar refractivity (Wildman–Crippen MR) is 109 cm³/mol. The summed E-state index contributed by atoms with van der Waals surface area (Å²) in [5.74, 6) is -0.933. The van der Waals surface area contributed by atoms with Crippen LogP contribution in [-0.2, 0) is 11.2 Å². The number of hydrogen-bond donors (Lipinski definition) is 3. The Bertz CT molecular complexity index is 961. The second kappa shape index (κ2) is 9.30. The van der Waals surface area contributed by atoms with E-state index in [0.29, 0.717) is 36.5 Å². The molecule has 1 aliphatic rings. The van der Waals surface area contributed by atoms with Gasteiger partial charge in [0.2, 0.25) is 11.7 Å². The molecule has 1 aromatic heterocycles. The number of aromatic carboxylic acids is 1. The lowest BCUT2D eigenvalue weighted by molar-refractivity contribution is -0.122. The van der Waals surface area contributed by atoms with Crippen molar-refractivity contribution in [3.05, 3.63) is 59.6 Å². The number of nitrogens with one attached hydrogen (secondary N) is 2. The van der Waals surface area contributed by atoms with Crippen molar-refractivity contribution in [1.82, 2.24) is 10.6 Å². The van der Waals surface area contributed by atoms with Crippen molar-refractivity contribution in [1.29, 1.82) is 0 Å². The fourth-order valence-corrected chi connectivity index (χ4v) is 3.21. The third kappa shape index (κ3) is 5.28. The van der Waals surface area contributed by atoms with Gasteiger partial charge in [-0.25, -0.2) is 9.59 Å². The molecular formula is C22H24N2O6. The standard InChI is InChI=1S/C22H24N2O6/c1-13(2)11-17(24-22(28)29-15-8-4-3-5-9-15)20(25)23-16-10-6-7-14-12-18(21(26)27)30-19(14)16/h3-5,8-10,12-13,17H,6-7,11H2,1-2H3,(H,23,25)(H,24,28)(H,26,27). The minimum Gasteiger partial charge on any atom is -0.475 e. The van der Waals surface area contributed by atoms with E-state index in [1.807, 2.05) is 13.8 Å². The molecule has 2 aromatic rings. The Hall–Kier alpha value is -3.55. The highest BCUT2D eigenvalue weighted by molar-refractivity contribution is 5.93. The van der Waals surface area contributed by atoms with E-state index in [1.54, 1.807) is 36.4 Å². The van der Waals surface area contributed by atoms with Crippen LogP contribution in [0.15, 0.2) is 46.9 Å². The molecule has 1 heterocycles. The van der Waals surface area contributed by atoms with Gasteiger partial charge in [0.1, 0.15) is 11.8 Å². The lowest BCUT2D eigenvalue weighted by Gasteiger charge is -2.21. The molecule has 0 bridgehead atoms. The van der Waals surface area contributed by atoms with Gasteiger partial charge in [0.05, 0.1) is 5.70 Å². The first kappa shape index (κ1) is 21.2. The van der Waals surface area contributed by atoms with Gasteiger partial charge in [-0.15, -0.1) is 0 Å². The minimum atomic E-state index is -1.17. The van der Waals surface area contributed by atoms with Crippen LogP contribution in [0.25, 0.3) is 5.70 Å². The Kier molecular flexibility index (Phi) is 6.56. The van der Waals surface area contributed by atoms with Crippen molar-refractivity contribution < 1.29 is 28.6 Å². The summed E-state index contributed by atoms with van der Waals surface area (Å²) in [4.78, 5) is 36.4. The molecule has 1 atom stereocenters. The molecule has 3 rings (SSSR count). The third-order valence-electron chi connectivity index (χ3n) is 4.55. The normalized spacial score (nSPS) is 13.8. The number of rotatable bonds is 7. The first-order valence-corrected chi connectivity index (χ1v) is 9.74. The highest BCUT2D eigenvalue weighted by Crippen LogP contribution is 2.28. The van der Waals surface area contributed by atoms with E-state index < -0.39 is 24.0 Å². The van der Waals surface area contributed by atoms with Crippen LogP contribution in [0.3, 0.4) is 0 Å². The lowest BCUT2D eigenvalue weighted by Crippen LogP contribution is -2.48. The number of carbonyl (C=O) groups excluding carboxylic acids is 2. The average molecular weight is 412 g/mol.